The summed E-state index contributed by atoms with van der Waals surface area (Å²) in [4.78, 5) is 14.3. The quantitative estimate of drug-likeness (QED) is 0.899. The van der Waals surface area contributed by atoms with E-state index in [1.807, 2.05) is 4.90 Å². The lowest BCUT2D eigenvalue weighted by atomic mass is 9.95. The molecule has 1 saturated carbocycles. The fourth-order valence-corrected chi connectivity index (χ4v) is 3.36. The van der Waals surface area contributed by atoms with Crippen LogP contribution in [0.3, 0.4) is 0 Å². The molecule has 3 nitrogen and oxygen atoms in total. The molecule has 0 bridgehead atoms. The van der Waals surface area contributed by atoms with Crippen molar-refractivity contribution in [3.05, 3.63) is 35.4 Å². The first-order valence-electron chi connectivity index (χ1n) is 7.55. The number of benzene rings is 1. The van der Waals surface area contributed by atoms with Gasteiger partial charge in [-0.15, -0.1) is 0 Å². The predicted octanol–water partition coefficient (Wildman–Crippen LogP) is 2.96. The summed E-state index contributed by atoms with van der Waals surface area (Å²) in [6, 6.07) is 8.61. The predicted molar refractivity (Wildman–Crippen MR) is 80.3 cm³/mol. The third-order valence-corrected chi connectivity index (χ3v) is 4.39. The number of carbonyl (C=O) groups excluding carboxylic acids is 1. The Hall–Kier alpha value is -1.35. The van der Waals surface area contributed by atoms with Crippen molar-refractivity contribution >= 4 is 5.91 Å². The molecule has 108 valence electrons. The average molecular weight is 272 g/mol. The molecule has 2 N–H and O–H groups in total. The summed E-state index contributed by atoms with van der Waals surface area (Å²) in [7, 11) is 0. The third-order valence-electron chi connectivity index (χ3n) is 4.39. The van der Waals surface area contributed by atoms with Gasteiger partial charge < -0.3 is 10.6 Å². The molecule has 1 aromatic carbocycles. The highest BCUT2D eigenvalue weighted by atomic mass is 16.2. The van der Waals surface area contributed by atoms with Crippen LogP contribution < -0.4 is 5.73 Å². The fraction of sp³-hybridized carbons (Fsp3) is 0.588. The minimum Gasteiger partial charge on any atom is -0.329 e. The van der Waals surface area contributed by atoms with Gasteiger partial charge in [-0.3, -0.25) is 4.79 Å². The molecule has 2 atom stereocenters. The second kappa shape index (κ2) is 4.59. The Morgan fingerprint density at radius 3 is 2.45 bits per heavy atom. The van der Waals surface area contributed by atoms with Gasteiger partial charge in [-0.25, -0.2) is 0 Å². The second-order valence-electron chi connectivity index (χ2n) is 7.19. The topological polar surface area (TPSA) is 46.3 Å². The Morgan fingerprint density at radius 1 is 1.20 bits per heavy atom. The molecule has 2 unspecified atom stereocenters. The number of hydrogen-bond donors (Lipinski definition) is 1. The maximum Gasteiger partial charge on any atom is 0.225 e. The summed E-state index contributed by atoms with van der Waals surface area (Å²) in [5.74, 6) is 0.901. The fourth-order valence-electron chi connectivity index (χ4n) is 3.36. The molecule has 1 aromatic rings. The van der Waals surface area contributed by atoms with Crippen LogP contribution in [0.1, 0.15) is 63.1 Å². The highest BCUT2D eigenvalue weighted by Crippen LogP contribution is 2.43. The Labute approximate surface area is 121 Å². The average Bonchev–Trinajstić information content (AvgIpc) is 3.14. The lowest BCUT2D eigenvalue weighted by Gasteiger charge is -2.38. The molecule has 0 spiro atoms. The van der Waals surface area contributed by atoms with Crippen molar-refractivity contribution in [3.8, 4) is 0 Å². The SMILES string of the molecule is CC(C)(C)N1C(=O)CC(N)C1c1cccc(C2CC2)c1. The molecule has 2 aliphatic rings. The smallest absolute Gasteiger partial charge is 0.225 e. The molecular formula is C17H24N2O. The minimum absolute atomic E-state index is 0.0150. The Bertz CT molecular complexity index is 528. The number of likely N-dealkylation sites (tertiary alicyclic amines) is 1. The zero-order valence-corrected chi connectivity index (χ0v) is 12.6. The van der Waals surface area contributed by atoms with E-state index in [1.54, 1.807) is 0 Å². The van der Waals surface area contributed by atoms with E-state index in [-0.39, 0.29) is 23.5 Å². The van der Waals surface area contributed by atoms with Crippen molar-refractivity contribution in [2.45, 2.75) is 63.6 Å². The van der Waals surface area contributed by atoms with Gasteiger partial charge >= 0.3 is 0 Å². The molecule has 2 fully saturated rings. The van der Waals surface area contributed by atoms with Gasteiger partial charge in [0.25, 0.3) is 0 Å². The molecule has 1 aliphatic heterocycles. The summed E-state index contributed by atoms with van der Waals surface area (Å²) in [5, 5.41) is 0. The number of nitrogens with two attached hydrogens (primary N) is 1. The van der Waals surface area contributed by atoms with Crippen LogP contribution in [0.25, 0.3) is 0 Å². The van der Waals surface area contributed by atoms with Crippen molar-refractivity contribution in [1.29, 1.82) is 0 Å². The normalized spacial score (nSPS) is 27.2. The molecule has 1 aliphatic carbocycles. The van der Waals surface area contributed by atoms with E-state index >= 15 is 0 Å². The van der Waals surface area contributed by atoms with Crippen LogP contribution in [-0.4, -0.2) is 22.4 Å². The second-order valence-corrected chi connectivity index (χ2v) is 7.19. The van der Waals surface area contributed by atoms with Gasteiger partial charge in [-0.1, -0.05) is 24.3 Å². The van der Waals surface area contributed by atoms with Crippen molar-refractivity contribution in [1.82, 2.24) is 4.90 Å². The van der Waals surface area contributed by atoms with Crippen LogP contribution in [0.15, 0.2) is 24.3 Å². The Morgan fingerprint density at radius 2 is 1.85 bits per heavy atom. The lowest BCUT2D eigenvalue weighted by Crippen LogP contribution is -2.45. The molecule has 20 heavy (non-hydrogen) atoms. The van der Waals surface area contributed by atoms with Crippen LogP contribution in [0.2, 0.25) is 0 Å². The maximum absolute atomic E-state index is 12.3. The van der Waals surface area contributed by atoms with Crippen LogP contribution in [0.5, 0.6) is 0 Å². The first kappa shape index (κ1) is 13.6. The monoisotopic (exact) mass is 272 g/mol. The lowest BCUT2D eigenvalue weighted by molar-refractivity contribution is -0.133. The van der Waals surface area contributed by atoms with E-state index in [0.29, 0.717) is 6.42 Å². The molecule has 0 aromatic heterocycles. The Balaban J connectivity index is 1.97. The molecule has 3 rings (SSSR count). The molecule has 3 heteroatoms. The molecule has 1 saturated heterocycles. The standard InChI is InChI=1S/C17H24N2O/c1-17(2,3)19-15(20)10-14(18)16(19)13-6-4-5-12(9-13)11-7-8-11/h4-6,9,11,14,16H,7-8,10,18H2,1-3H3. The summed E-state index contributed by atoms with van der Waals surface area (Å²) >= 11 is 0. The van der Waals surface area contributed by atoms with E-state index in [0.717, 1.165) is 5.92 Å². The summed E-state index contributed by atoms with van der Waals surface area (Å²) in [5.41, 5.74) is 8.68. The van der Waals surface area contributed by atoms with Crippen molar-refractivity contribution in [3.63, 3.8) is 0 Å². The maximum atomic E-state index is 12.3. The number of amides is 1. The largest absolute Gasteiger partial charge is 0.329 e. The van der Waals surface area contributed by atoms with Gasteiger partial charge in [0, 0.05) is 18.0 Å². The zero-order valence-electron chi connectivity index (χ0n) is 12.6. The van der Waals surface area contributed by atoms with E-state index in [9.17, 15) is 4.79 Å². The van der Waals surface area contributed by atoms with Crippen LogP contribution >= 0.6 is 0 Å². The molecular weight excluding hydrogens is 248 g/mol. The van der Waals surface area contributed by atoms with Gasteiger partial charge in [0.15, 0.2) is 0 Å². The third kappa shape index (κ3) is 2.35. The van der Waals surface area contributed by atoms with Crippen LogP contribution in [0, 0.1) is 0 Å². The van der Waals surface area contributed by atoms with E-state index in [1.165, 1.54) is 24.0 Å². The highest BCUT2D eigenvalue weighted by molar-refractivity contribution is 5.81. The number of carbonyl (C=O) groups is 1. The summed E-state index contributed by atoms with van der Waals surface area (Å²) in [6.07, 6.45) is 3.04. The van der Waals surface area contributed by atoms with Gasteiger partial charge in [-0.05, 0) is 50.7 Å². The van der Waals surface area contributed by atoms with Gasteiger partial charge in [-0.2, -0.15) is 0 Å². The van der Waals surface area contributed by atoms with Gasteiger partial charge in [0.05, 0.1) is 6.04 Å². The number of rotatable bonds is 2. The molecule has 1 heterocycles. The summed E-state index contributed by atoms with van der Waals surface area (Å²) in [6.45, 7) is 6.25. The number of hydrogen-bond acceptors (Lipinski definition) is 2. The van der Waals surface area contributed by atoms with Crippen molar-refractivity contribution in [2.75, 3.05) is 0 Å². The highest BCUT2D eigenvalue weighted by Gasteiger charge is 2.44. The van der Waals surface area contributed by atoms with Crippen LogP contribution in [-0.2, 0) is 4.79 Å². The zero-order chi connectivity index (χ0) is 14.5. The van der Waals surface area contributed by atoms with E-state index < -0.39 is 0 Å². The Kier molecular flexibility index (Phi) is 3.13. The van der Waals surface area contributed by atoms with Crippen molar-refractivity contribution in [2.24, 2.45) is 5.73 Å². The van der Waals surface area contributed by atoms with E-state index in [2.05, 4.69) is 45.0 Å². The van der Waals surface area contributed by atoms with Gasteiger partial charge in [0.2, 0.25) is 5.91 Å². The van der Waals surface area contributed by atoms with Gasteiger partial charge in [0.1, 0.15) is 0 Å². The molecule has 0 radical (unpaired) electrons. The minimum atomic E-state index is -0.189. The number of nitrogens with zero attached hydrogens (tertiary/aromatic N) is 1. The summed E-state index contributed by atoms with van der Waals surface area (Å²) < 4.78 is 0. The van der Waals surface area contributed by atoms with Crippen molar-refractivity contribution < 1.29 is 4.79 Å². The first-order valence-corrected chi connectivity index (χ1v) is 7.55. The van der Waals surface area contributed by atoms with E-state index in [4.69, 9.17) is 5.73 Å². The molecule has 1 amide bonds. The van der Waals surface area contributed by atoms with Crippen LogP contribution in [0.4, 0.5) is 0 Å². The first-order chi connectivity index (χ1) is 9.38.